The number of benzene rings is 3. The number of para-hydroxylation sites is 2. The predicted molar refractivity (Wildman–Crippen MR) is 198 cm³/mol. The number of allylic oxidation sites excluding steroid dienone is 3. The normalized spacial score (nSPS) is 16.6. The van der Waals surface area contributed by atoms with E-state index in [0.29, 0.717) is 42.6 Å². The first kappa shape index (κ1) is 40.5. The molecule has 2 aliphatic rings. The molecule has 0 fully saturated rings. The van der Waals surface area contributed by atoms with Gasteiger partial charge in [0.15, 0.2) is 18.1 Å². The largest absolute Gasteiger partial charge is 0.488 e. The number of halogens is 3. The van der Waals surface area contributed by atoms with Crippen LogP contribution in [0, 0.1) is 21.4 Å². The lowest BCUT2D eigenvalue weighted by molar-refractivity contribution is -0.535. The number of nitrogens with zero attached hydrogens (tertiary/aromatic N) is 4. The van der Waals surface area contributed by atoms with Crippen molar-refractivity contribution in [1.29, 1.82) is 5.26 Å². The highest BCUT2D eigenvalue weighted by atomic mass is 32.2. The van der Waals surface area contributed by atoms with Crippen molar-refractivity contribution in [3.63, 3.8) is 0 Å². The van der Waals surface area contributed by atoms with E-state index in [9.17, 15) is 41.8 Å². The van der Waals surface area contributed by atoms with E-state index < -0.39 is 39.2 Å². The first-order valence-corrected chi connectivity index (χ1v) is 18.8. The van der Waals surface area contributed by atoms with Crippen molar-refractivity contribution >= 4 is 21.7 Å². The summed E-state index contributed by atoms with van der Waals surface area (Å²) in [4.78, 5) is 25.3. The molecule has 3 aromatic rings. The van der Waals surface area contributed by atoms with Crippen LogP contribution in [-0.4, -0.2) is 81.3 Å². The molecule has 1 unspecified atom stereocenters. The van der Waals surface area contributed by atoms with Crippen molar-refractivity contribution < 1.29 is 45.5 Å². The Morgan fingerprint density at radius 2 is 1.75 bits per heavy atom. The fraction of sp³-hybridized carbons (Fsp3) is 0.333. The monoisotopic (exact) mass is 780 g/mol. The smallest absolute Gasteiger partial charge is 0.422 e. The Morgan fingerprint density at radius 1 is 1.04 bits per heavy atom. The average molecular weight is 781 g/mol. The second-order valence-corrected chi connectivity index (χ2v) is 14.9. The van der Waals surface area contributed by atoms with E-state index >= 15 is 0 Å². The number of carbonyl (C=O) groups is 1. The molecule has 0 aromatic heterocycles. The first-order valence-electron chi connectivity index (χ1n) is 17.4. The summed E-state index contributed by atoms with van der Waals surface area (Å²) in [5.41, 5.74) is 1.40. The maximum atomic E-state index is 14.2. The van der Waals surface area contributed by atoms with Crippen LogP contribution < -0.4 is 14.4 Å². The van der Waals surface area contributed by atoms with Crippen molar-refractivity contribution in [3.05, 3.63) is 134 Å². The Kier molecular flexibility index (Phi) is 13.0. The third-order valence-corrected chi connectivity index (χ3v) is 10.8. The summed E-state index contributed by atoms with van der Waals surface area (Å²) >= 11 is 0. The highest BCUT2D eigenvalue weighted by Gasteiger charge is 2.37. The number of hydrogen-bond donors (Lipinski definition) is 0. The molecule has 290 valence electrons. The molecule has 1 atom stereocenters. The number of alkyl halides is 3. The first-order chi connectivity index (χ1) is 26.2. The van der Waals surface area contributed by atoms with Gasteiger partial charge in [-0.1, -0.05) is 48.6 Å². The molecule has 0 radical (unpaired) electrons. The maximum absolute atomic E-state index is 14.2. The third-order valence-electron chi connectivity index (χ3n) is 8.91. The van der Waals surface area contributed by atoms with Crippen LogP contribution in [-0.2, 0) is 27.6 Å². The summed E-state index contributed by atoms with van der Waals surface area (Å²) < 4.78 is 83.9. The van der Waals surface area contributed by atoms with Crippen LogP contribution in [0.4, 0.5) is 18.9 Å². The summed E-state index contributed by atoms with van der Waals surface area (Å²) in [7, 11) is -4.39. The molecule has 3 aromatic carbocycles. The quantitative estimate of drug-likeness (QED) is 0.0651. The second-order valence-electron chi connectivity index (χ2n) is 13.0. The number of esters is 1. The van der Waals surface area contributed by atoms with Gasteiger partial charge in [0.25, 0.3) is 5.54 Å². The van der Waals surface area contributed by atoms with Crippen LogP contribution in [0.15, 0.2) is 102 Å². The van der Waals surface area contributed by atoms with Crippen LogP contribution in [0.1, 0.15) is 40.4 Å². The lowest BCUT2D eigenvalue weighted by Crippen LogP contribution is -2.38. The van der Waals surface area contributed by atoms with Gasteiger partial charge >= 0.3 is 12.1 Å². The predicted octanol–water partition coefficient (Wildman–Crippen LogP) is 6.41. The molecule has 55 heavy (non-hydrogen) atoms. The minimum absolute atomic E-state index is 0.0287. The van der Waals surface area contributed by atoms with Crippen molar-refractivity contribution in [3.8, 4) is 17.6 Å². The number of sulfonamides is 1. The molecular formula is C39H39F3N4O8S. The SMILES string of the molecule is CC1([N+](=O)[O-])C=CC=CC(S(=O)(=O)N(CCOc2ccccc2OCC(F)(F)F)CCc2cc(C#N)c3c(c2)CCN3CCCOC(=O)c2ccccc2)=C1. The lowest BCUT2D eigenvalue weighted by atomic mass is 10.0. The van der Waals surface area contributed by atoms with Crippen LogP contribution in [0.25, 0.3) is 0 Å². The third kappa shape index (κ3) is 10.5. The van der Waals surface area contributed by atoms with Crippen molar-refractivity contribution in [2.75, 3.05) is 50.9 Å². The molecule has 5 rings (SSSR count). The van der Waals surface area contributed by atoms with E-state index in [0.717, 1.165) is 21.6 Å². The molecule has 0 bridgehead atoms. The Balaban J connectivity index is 1.31. The standard InChI is InChI=1S/C39H39F3N4O8S/c1-38(46(48)49)17-8-7-12-33(26-38)55(50,51)45(21-23-52-34-13-5-6-14-35(34)54-28-39(40,41)42)20-15-29-24-31-16-19-44(36(31)32(25-29)27-43)18-9-22-53-37(47)30-10-3-2-4-11-30/h2-8,10-14,17,24-26H,9,15-16,18-23,28H2,1H3. The van der Waals surface area contributed by atoms with E-state index in [4.69, 9.17) is 14.2 Å². The molecule has 1 aliphatic carbocycles. The lowest BCUT2D eigenvalue weighted by Gasteiger charge is -2.24. The molecule has 0 spiro atoms. The summed E-state index contributed by atoms with van der Waals surface area (Å²) in [5.74, 6) is -0.623. The van der Waals surface area contributed by atoms with Crippen molar-refractivity contribution in [2.45, 2.75) is 37.9 Å². The van der Waals surface area contributed by atoms with Gasteiger partial charge in [-0.25, -0.2) is 13.2 Å². The minimum atomic E-state index is -4.59. The molecule has 1 aliphatic heterocycles. The number of nitro groups is 1. The molecule has 1 heterocycles. The van der Waals surface area contributed by atoms with Crippen LogP contribution in [0.2, 0.25) is 0 Å². The van der Waals surface area contributed by atoms with Gasteiger partial charge in [-0.3, -0.25) is 10.1 Å². The Bertz CT molecular complexity index is 2120. The zero-order valence-corrected chi connectivity index (χ0v) is 30.7. The summed E-state index contributed by atoms with van der Waals surface area (Å²) in [6.07, 6.45) is 3.10. The molecule has 0 N–H and O–H groups in total. The van der Waals surface area contributed by atoms with Gasteiger partial charge in [0.2, 0.25) is 10.0 Å². The summed E-state index contributed by atoms with van der Waals surface area (Å²) in [6, 6.07) is 20.2. The molecule has 0 saturated carbocycles. The summed E-state index contributed by atoms with van der Waals surface area (Å²) in [6.45, 7) is 0.403. The van der Waals surface area contributed by atoms with Gasteiger partial charge in [0.05, 0.1) is 28.3 Å². The molecular weight excluding hydrogens is 742 g/mol. The number of carbonyl (C=O) groups excluding carboxylic acids is 1. The highest BCUT2D eigenvalue weighted by Crippen LogP contribution is 2.34. The maximum Gasteiger partial charge on any atom is 0.422 e. The number of nitriles is 1. The number of ether oxygens (including phenoxy) is 3. The van der Waals surface area contributed by atoms with E-state index in [2.05, 4.69) is 11.0 Å². The van der Waals surface area contributed by atoms with Gasteiger partial charge in [0.1, 0.15) is 12.7 Å². The highest BCUT2D eigenvalue weighted by molar-refractivity contribution is 7.93. The second kappa shape index (κ2) is 17.7. The molecule has 12 nitrogen and oxygen atoms in total. The zero-order chi connectivity index (χ0) is 39.6. The number of fused-ring (bicyclic) bond motifs is 1. The zero-order valence-electron chi connectivity index (χ0n) is 29.9. The van der Waals surface area contributed by atoms with E-state index in [1.54, 1.807) is 30.3 Å². The Labute approximate surface area is 316 Å². The minimum Gasteiger partial charge on any atom is -0.488 e. The van der Waals surface area contributed by atoms with Crippen LogP contribution in [0.3, 0.4) is 0 Å². The van der Waals surface area contributed by atoms with Gasteiger partial charge in [-0.05, 0) is 72.9 Å². The van der Waals surface area contributed by atoms with E-state index in [-0.39, 0.29) is 49.1 Å². The van der Waals surface area contributed by atoms with Crippen molar-refractivity contribution in [1.82, 2.24) is 4.31 Å². The average Bonchev–Trinajstić information content (AvgIpc) is 3.45. The van der Waals surface area contributed by atoms with Gasteiger partial charge in [-0.2, -0.15) is 22.7 Å². The molecule has 0 amide bonds. The number of anilines is 1. The van der Waals surface area contributed by atoms with E-state index in [1.807, 2.05) is 12.1 Å². The Morgan fingerprint density at radius 3 is 2.44 bits per heavy atom. The number of rotatable bonds is 17. The van der Waals surface area contributed by atoms with Crippen molar-refractivity contribution in [2.24, 2.45) is 0 Å². The molecule has 0 saturated heterocycles. The van der Waals surface area contributed by atoms with Gasteiger partial charge < -0.3 is 19.1 Å². The molecule has 16 heteroatoms. The summed E-state index contributed by atoms with van der Waals surface area (Å²) in [5, 5.41) is 22.0. The van der Waals surface area contributed by atoms with Gasteiger partial charge in [-0.15, -0.1) is 0 Å². The van der Waals surface area contributed by atoms with Gasteiger partial charge in [0, 0.05) is 44.1 Å². The Hall–Kier alpha value is -5.66. The number of hydrogen-bond acceptors (Lipinski definition) is 10. The fourth-order valence-electron chi connectivity index (χ4n) is 6.14. The van der Waals surface area contributed by atoms with E-state index in [1.165, 1.54) is 55.5 Å². The van der Waals surface area contributed by atoms with Crippen LogP contribution >= 0.6 is 0 Å². The topological polar surface area (TPSA) is 152 Å². The fourth-order valence-corrected chi connectivity index (χ4v) is 7.73. The van der Waals surface area contributed by atoms with Crippen LogP contribution in [0.5, 0.6) is 11.5 Å².